The number of rotatable bonds is 4. The molecule has 1 N–H and O–H groups in total. The van der Waals surface area contributed by atoms with Gasteiger partial charge in [-0.25, -0.2) is 9.78 Å². The highest BCUT2D eigenvalue weighted by Gasteiger charge is 2.13. The standard InChI is InChI=1S/C22H23N5O3/c1-25-13-16(21(29)26(2)22(25)30)9-10-20(28)23-17-7-5-6-15(12-17)18-14-27-11-4-3-8-19(27)24-18/h5-7,9-10,12-14H,3-4,8,11H2,1-2H3,(H,23,28)/b10-9+. The van der Waals surface area contributed by atoms with Crippen molar-refractivity contribution in [3.8, 4) is 11.3 Å². The first kappa shape index (κ1) is 19.6. The molecule has 2 aromatic heterocycles. The van der Waals surface area contributed by atoms with Gasteiger partial charge in [0.25, 0.3) is 5.56 Å². The summed E-state index contributed by atoms with van der Waals surface area (Å²) >= 11 is 0. The Morgan fingerprint density at radius 1 is 1.17 bits per heavy atom. The van der Waals surface area contributed by atoms with Crippen LogP contribution in [0.1, 0.15) is 24.2 Å². The highest BCUT2D eigenvalue weighted by molar-refractivity contribution is 6.02. The number of anilines is 1. The lowest BCUT2D eigenvalue weighted by atomic mass is 10.1. The van der Waals surface area contributed by atoms with Gasteiger partial charge < -0.3 is 14.5 Å². The molecule has 1 amide bonds. The molecule has 0 radical (unpaired) electrons. The number of nitrogens with zero attached hydrogens (tertiary/aromatic N) is 4. The predicted molar refractivity (Wildman–Crippen MR) is 115 cm³/mol. The second kappa shape index (κ2) is 7.98. The molecule has 1 aliphatic rings. The molecule has 0 fully saturated rings. The fourth-order valence-corrected chi connectivity index (χ4v) is 3.61. The number of amides is 1. The molecule has 0 saturated carbocycles. The third-order valence-corrected chi connectivity index (χ3v) is 5.22. The summed E-state index contributed by atoms with van der Waals surface area (Å²) in [7, 11) is 2.96. The maximum atomic E-state index is 12.3. The van der Waals surface area contributed by atoms with E-state index >= 15 is 0 Å². The van der Waals surface area contributed by atoms with Crippen molar-refractivity contribution in [1.82, 2.24) is 18.7 Å². The molecule has 3 heterocycles. The van der Waals surface area contributed by atoms with Crippen LogP contribution in [-0.4, -0.2) is 24.6 Å². The number of carbonyl (C=O) groups is 1. The molecule has 154 valence electrons. The topological polar surface area (TPSA) is 90.9 Å². The van der Waals surface area contributed by atoms with E-state index < -0.39 is 11.2 Å². The highest BCUT2D eigenvalue weighted by atomic mass is 16.2. The van der Waals surface area contributed by atoms with E-state index in [1.165, 1.54) is 36.4 Å². The monoisotopic (exact) mass is 405 g/mol. The molecule has 4 rings (SSSR count). The number of imidazole rings is 1. The Balaban J connectivity index is 1.51. The molecule has 0 saturated heterocycles. The third-order valence-electron chi connectivity index (χ3n) is 5.22. The van der Waals surface area contributed by atoms with E-state index in [9.17, 15) is 14.4 Å². The third kappa shape index (κ3) is 3.89. The molecule has 0 bridgehead atoms. The van der Waals surface area contributed by atoms with Crippen LogP contribution >= 0.6 is 0 Å². The summed E-state index contributed by atoms with van der Waals surface area (Å²) in [5.41, 5.74) is 1.86. The number of nitrogens with one attached hydrogen (secondary N) is 1. The van der Waals surface area contributed by atoms with E-state index in [0.29, 0.717) is 5.69 Å². The molecule has 8 nitrogen and oxygen atoms in total. The largest absolute Gasteiger partial charge is 0.334 e. The minimum Gasteiger partial charge on any atom is -0.334 e. The van der Waals surface area contributed by atoms with E-state index in [-0.39, 0.29) is 11.5 Å². The van der Waals surface area contributed by atoms with Crippen LogP contribution in [0.5, 0.6) is 0 Å². The number of aromatic nitrogens is 4. The zero-order valence-corrected chi connectivity index (χ0v) is 17.0. The van der Waals surface area contributed by atoms with Crippen LogP contribution in [0.15, 0.2) is 52.3 Å². The maximum Gasteiger partial charge on any atom is 0.330 e. The second-order valence-electron chi connectivity index (χ2n) is 7.44. The summed E-state index contributed by atoms with van der Waals surface area (Å²) in [5.74, 6) is 0.736. The van der Waals surface area contributed by atoms with Crippen LogP contribution in [0.25, 0.3) is 17.3 Å². The molecule has 0 atom stereocenters. The first-order valence-corrected chi connectivity index (χ1v) is 9.84. The lowest BCUT2D eigenvalue weighted by Gasteiger charge is -2.11. The molecule has 1 aliphatic heterocycles. The minimum absolute atomic E-state index is 0.257. The smallest absolute Gasteiger partial charge is 0.330 e. The summed E-state index contributed by atoms with van der Waals surface area (Å²) in [5, 5.41) is 2.81. The van der Waals surface area contributed by atoms with E-state index in [1.807, 2.05) is 18.2 Å². The van der Waals surface area contributed by atoms with Crippen molar-refractivity contribution in [3.05, 3.63) is 75.0 Å². The van der Waals surface area contributed by atoms with Crippen molar-refractivity contribution in [2.24, 2.45) is 14.1 Å². The molecule has 1 aromatic carbocycles. The van der Waals surface area contributed by atoms with E-state index in [1.54, 1.807) is 13.1 Å². The van der Waals surface area contributed by atoms with Crippen LogP contribution in [0, 0.1) is 0 Å². The van der Waals surface area contributed by atoms with Gasteiger partial charge in [-0.1, -0.05) is 12.1 Å². The summed E-state index contributed by atoms with van der Waals surface area (Å²) in [4.78, 5) is 41.0. The number of hydrogen-bond acceptors (Lipinski definition) is 4. The van der Waals surface area contributed by atoms with Gasteiger partial charge in [-0.05, 0) is 31.1 Å². The van der Waals surface area contributed by atoms with Gasteiger partial charge in [0, 0.05) is 56.8 Å². The van der Waals surface area contributed by atoms with Crippen LogP contribution < -0.4 is 16.6 Å². The summed E-state index contributed by atoms with van der Waals surface area (Å²) in [6, 6.07) is 7.52. The Labute approximate surface area is 173 Å². The predicted octanol–water partition coefficient (Wildman–Crippen LogP) is 1.94. The Kier molecular flexibility index (Phi) is 5.22. The molecule has 0 spiro atoms. The fourth-order valence-electron chi connectivity index (χ4n) is 3.61. The van der Waals surface area contributed by atoms with Gasteiger partial charge >= 0.3 is 5.69 Å². The first-order chi connectivity index (χ1) is 14.4. The summed E-state index contributed by atoms with van der Waals surface area (Å²) in [6.45, 7) is 0.994. The van der Waals surface area contributed by atoms with E-state index in [4.69, 9.17) is 4.98 Å². The lowest BCUT2D eigenvalue weighted by molar-refractivity contribution is -0.111. The number of carbonyl (C=O) groups excluding carboxylic acids is 1. The maximum absolute atomic E-state index is 12.3. The van der Waals surface area contributed by atoms with Crippen molar-refractivity contribution < 1.29 is 4.79 Å². The Bertz CT molecular complexity index is 1240. The highest BCUT2D eigenvalue weighted by Crippen LogP contribution is 2.24. The summed E-state index contributed by atoms with van der Waals surface area (Å²) in [6.07, 6.45) is 9.49. The van der Waals surface area contributed by atoms with Gasteiger partial charge in [-0.3, -0.25) is 14.2 Å². The van der Waals surface area contributed by atoms with E-state index in [2.05, 4.69) is 16.1 Å². The Hall–Kier alpha value is -3.68. The molecule has 0 aliphatic carbocycles. The molecule has 0 unspecified atom stereocenters. The fraction of sp³-hybridized carbons (Fsp3) is 0.273. The average Bonchev–Trinajstić information content (AvgIpc) is 3.18. The normalized spacial score (nSPS) is 13.4. The van der Waals surface area contributed by atoms with Crippen LogP contribution in [0.4, 0.5) is 5.69 Å². The quantitative estimate of drug-likeness (QED) is 0.672. The van der Waals surface area contributed by atoms with Gasteiger partial charge in [0.05, 0.1) is 11.3 Å². The van der Waals surface area contributed by atoms with Crippen molar-refractivity contribution in [3.63, 3.8) is 0 Å². The second-order valence-corrected chi connectivity index (χ2v) is 7.44. The van der Waals surface area contributed by atoms with Gasteiger partial charge in [0.2, 0.25) is 5.91 Å². The van der Waals surface area contributed by atoms with Gasteiger partial charge in [0.15, 0.2) is 0 Å². The van der Waals surface area contributed by atoms with Gasteiger partial charge in [-0.15, -0.1) is 0 Å². The zero-order chi connectivity index (χ0) is 21.3. The molecular weight excluding hydrogens is 382 g/mol. The Morgan fingerprint density at radius 2 is 2.00 bits per heavy atom. The Morgan fingerprint density at radius 3 is 2.80 bits per heavy atom. The molecule has 3 aromatic rings. The van der Waals surface area contributed by atoms with Crippen molar-refractivity contribution >= 4 is 17.7 Å². The SMILES string of the molecule is Cn1cc(/C=C/C(=O)Nc2cccc(-c3cn4c(n3)CCCC4)c2)c(=O)n(C)c1=O. The van der Waals surface area contributed by atoms with E-state index in [0.717, 1.165) is 41.0 Å². The molecule has 30 heavy (non-hydrogen) atoms. The molecular formula is C22H23N5O3. The number of aryl methyl sites for hydroxylation is 3. The van der Waals surface area contributed by atoms with Gasteiger partial charge in [0.1, 0.15) is 5.82 Å². The number of hydrogen-bond donors (Lipinski definition) is 1. The average molecular weight is 405 g/mol. The van der Waals surface area contributed by atoms with Crippen molar-refractivity contribution in [2.75, 3.05) is 5.32 Å². The van der Waals surface area contributed by atoms with Crippen molar-refractivity contribution in [2.45, 2.75) is 25.8 Å². The molecule has 8 heteroatoms. The lowest BCUT2D eigenvalue weighted by Crippen LogP contribution is -2.37. The number of fused-ring (bicyclic) bond motifs is 1. The first-order valence-electron chi connectivity index (χ1n) is 9.84. The van der Waals surface area contributed by atoms with Crippen molar-refractivity contribution in [1.29, 1.82) is 0 Å². The van der Waals surface area contributed by atoms with Crippen LogP contribution in [0.2, 0.25) is 0 Å². The van der Waals surface area contributed by atoms with Gasteiger partial charge in [-0.2, -0.15) is 0 Å². The van der Waals surface area contributed by atoms with Crippen LogP contribution in [0.3, 0.4) is 0 Å². The van der Waals surface area contributed by atoms with Crippen LogP contribution in [-0.2, 0) is 31.9 Å². The minimum atomic E-state index is -0.451. The zero-order valence-electron chi connectivity index (χ0n) is 17.0. The summed E-state index contributed by atoms with van der Waals surface area (Å²) < 4.78 is 4.50. The number of benzene rings is 1.